The summed E-state index contributed by atoms with van der Waals surface area (Å²) in [6.45, 7) is 2.47. The number of benzene rings is 2. The van der Waals surface area contributed by atoms with Crippen molar-refractivity contribution in [1.29, 1.82) is 0 Å². The Kier molecular flexibility index (Phi) is 8.93. The van der Waals surface area contributed by atoms with Crippen LogP contribution in [-0.2, 0) is 20.9 Å². The highest BCUT2D eigenvalue weighted by Gasteiger charge is 2.40. The SMILES string of the molecule is Cc1nnc2n1-c1ccccc1C(c1ccc(Cl)cc1)=NN2Cc1cccnc1.O=C(O)CC(O)(CC(=O)O)C(=O)O. The van der Waals surface area contributed by atoms with Crippen LogP contribution in [0.3, 0.4) is 0 Å². The number of halogens is 1. The highest BCUT2D eigenvalue weighted by Crippen LogP contribution is 2.30. The van der Waals surface area contributed by atoms with Crippen molar-refractivity contribution >= 4 is 41.2 Å². The normalized spacial score (nSPS) is 12.2. The number of pyridine rings is 1. The van der Waals surface area contributed by atoms with E-state index in [4.69, 9.17) is 37.1 Å². The molecule has 1 aliphatic heterocycles. The molecule has 14 heteroatoms. The number of hydrogen-bond acceptors (Lipinski definition) is 9. The molecule has 0 saturated carbocycles. The van der Waals surface area contributed by atoms with E-state index in [9.17, 15) is 14.4 Å². The number of aryl methyl sites for hydroxylation is 1. The lowest BCUT2D eigenvalue weighted by molar-refractivity contribution is -0.170. The average Bonchev–Trinajstić information content (AvgIpc) is 3.26. The molecule has 4 aromatic rings. The van der Waals surface area contributed by atoms with E-state index in [1.54, 1.807) is 6.20 Å². The molecule has 216 valence electrons. The van der Waals surface area contributed by atoms with E-state index in [2.05, 4.69) is 27.3 Å². The molecule has 2 aromatic heterocycles. The zero-order chi connectivity index (χ0) is 30.4. The summed E-state index contributed by atoms with van der Waals surface area (Å²) < 4.78 is 2.04. The number of anilines is 1. The molecule has 0 fully saturated rings. The molecule has 0 radical (unpaired) electrons. The minimum absolute atomic E-state index is 0.525. The van der Waals surface area contributed by atoms with E-state index in [0.29, 0.717) is 17.5 Å². The van der Waals surface area contributed by atoms with Gasteiger partial charge in [0.25, 0.3) is 5.95 Å². The first-order valence-electron chi connectivity index (χ1n) is 12.4. The lowest BCUT2D eigenvalue weighted by Crippen LogP contribution is -2.42. The van der Waals surface area contributed by atoms with Crippen molar-refractivity contribution < 1.29 is 34.8 Å². The number of aliphatic carboxylic acids is 3. The molecule has 5 rings (SSSR count). The van der Waals surface area contributed by atoms with Gasteiger partial charge in [0.05, 0.1) is 25.1 Å². The van der Waals surface area contributed by atoms with Crippen molar-refractivity contribution in [3.8, 4) is 5.69 Å². The molecule has 3 heterocycles. The van der Waals surface area contributed by atoms with Gasteiger partial charge in [0.2, 0.25) is 0 Å². The van der Waals surface area contributed by atoms with Gasteiger partial charge in [-0.1, -0.05) is 48.0 Å². The fourth-order valence-corrected chi connectivity index (χ4v) is 4.32. The number of hydrogen-bond donors (Lipinski definition) is 4. The molecule has 42 heavy (non-hydrogen) atoms. The highest BCUT2D eigenvalue weighted by atomic mass is 35.5. The Morgan fingerprint density at radius 2 is 1.57 bits per heavy atom. The minimum atomic E-state index is -2.74. The maximum absolute atomic E-state index is 10.3. The van der Waals surface area contributed by atoms with Crippen LogP contribution in [0.15, 0.2) is 78.2 Å². The third kappa shape index (κ3) is 6.77. The quantitative estimate of drug-likeness (QED) is 0.235. The van der Waals surface area contributed by atoms with Gasteiger partial charge in [-0.2, -0.15) is 5.10 Å². The van der Waals surface area contributed by atoms with E-state index < -0.39 is 36.4 Å². The molecule has 0 unspecified atom stereocenters. The van der Waals surface area contributed by atoms with Gasteiger partial charge in [0, 0.05) is 28.5 Å². The number of carbonyl (C=O) groups is 3. The van der Waals surface area contributed by atoms with Crippen LogP contribution in [0.1, 0.15) is 35.4 Å². The van der Waals surface area contributed by atoms with Crippen LogP contribution < -0.4 is 5.01 Å². The van der Waals surface area contributed by atoms with Crippen molar-refractivity contribution in [3.05, 3.63) is 101 Å². The molecule has 0 saturated heterocycles. The number of aromatic nitrogens is 4. The second-order valence-corrected chi connectivity index (χ2v) is 9.69. The second-order valence-electron chi connectivity index (χ2n) is 9.25. The first-order chi connectivity index (χ1) is 20.0. The number of fused-ring (bicyclic) bond motifs is 3. The zero-order valence-corrected chi connectivity index (χ0v) is 22.9. The van der Waals surface area contributed by atoms with Gasteiger partial charge >= 0.3 is 17.9 Å². The molecule has 0 aliphatic carbocycles. The number of nitrogens with zero attached hydrogens (tertiary/aromatic N) is 6. The summed E-state index contributed by atoms with van der Waals surface area (Å²) in [5.41, 5.74) is 2.13. The fraction of sp³-hybridized carbons (Fsp3) is 0.179. The van der Waals surface area contributed by atoms with Gasteiger partial charge in [0.15, 0.2) is 5.60 Å². The van der Waals surface area contributed by atoms with E-state index in [-0.39, 0.29) is 0 Å². The van der Waals surface area contributed by atoms with Crippen molar-refractivity contribution in [1.82, 2.24) is 19.7 Å². The Balaban J connectivity index is 0.000000266. The third-order valence-corrected chi connectivity index (χ3v) is 6.37. The van der Waals surface area contributed by atoms with Crippen LogP contribution in [0.4, 0.5) is 5.95 Å². The van der Waals surface area contributed by atoms with Gasteiger partial charge in [-0.25, -0.2) is 9.80 Å². The Morgan fingerprint density at radius 3 is 2.17 bits per heavy atom. The van der Waals surface area contributed by atoms with E-state index in [0.717, 1.165) is 33.9 Å². The molecular formula is C28H25ClN6O7. The molecule has 0 atom stereocenters. The largest absolute Gasteiger partial charge is 0.481 e. The Bertz CT molecular complexity index is 1620. The standard InChI is InChI=1S/C22H17ClN6.C6H8O7/c1-15-25-26-22-28(14-16-5-4-12-24-13-16)27-21(17-8-10-18(23)11-9-17)19-6-2-3-7-20(19)29(15)22;7-3(8)1-6(13,5(11)12)2-4(9)10/h2-13H,14H2,1H3;13H,1-2H2,(H,7,8)(H,9,10)(H,11,12). The molecule has 0 amide bonds. The first-order valence-corrected chi connectivity index (χ1v) is 12.8. The first kappa shape index (κ1) is 29.8. The molecule has 4 N–H and O–H groups in total. The van der Waals surface area contributed by atoms with Crippen molar-refractivity contribution in [2.75, 3.05) is 5.01 Å². The summed E-state index contributed by atoms with van der Waals surface area (Å²) >= 11 is 6.12. The average molecular weight is 593 g/mol. The number of rotatable bonds is 8. The Morgan fingerprint density at radius 1 is 0.905 bits per heavy atom. The number of carboxylic acids is 3. The lowest BCUT2D eigenvalue weighted by Gasteiger charge is -2.18. The van der Waals surface area contributed by atoms with Gasteiger partial charge < -0.3 is 20.4 Å². The van der Waals surface area contributed by atoms with Gasteiger partial charge in [-0.3, -0.25) is 19.1 Å². The third-order valence-electron chi connectivity index (χ3n) is 6.12. The lowest BCUT2D eigenvalue weighted by atomic mass is 9.96. The van der Waals surface area contributed by atoms with Crippen molar-refractivity contribution in [3.63, 3.8) is 0 Å². The summed E-state index contributed by atoms with van der Waals surface area (Å²) in [6, 6.07) is 19.8. The number of hydrazone groups is 1. The Labute approximate surface area is 244 Å². The van der Waals surface area contributed by atoms with Crippen LogP contribution in [0, 0.1) is 6.92 Å². The zero-order valence-electron chi connectivity index (χ0n) is 22.1. The number of carboxylic acid groups (broad SMARTS) is 3. The van der Waals surface area contributed by atoms with Crippen LogP contribution in [0.25, 0.3) is 5.69 Å². The predicted octanol–water partition coefficient (Wildman–Crippen LogP) is 3.15. The van der Waals surface area contributed by atoms with Gasteiger partial charge in [0.1, 0.15) is 11.5 Å². The van der Waals surface area contributed by atoms with Gasteiger partial charge in [-0.05, 0) is 36.8 Å². The van der Waals surface area contributed by atoms with Crippen LogP contribution in [0.5, 0.6) is 0 Å². The Hall–Kier alpha value is -5.14. The van der Waals surface area contributed by atoms with Gasteiger partial charge in [-0.15, -0.1) is 10.2 Å². The topological polar surface area (TPSA) is 191 Å². The molecule has 1 aliphatic rings. The maximum Gasteiger partial charge on any atom is 0.336 e. The molecule has 13 nitrogen and oxygen atoms in total. The maximum atomic E-state index is 10.3. The minimum Gasteiger partial charge on any atom is -0.481 e. The summed E-state index contributed by atoms with van der Waals surface area (Å²) in [6.07, 6.45) is 1.31. The van der Waals surface area contributed by atoms with E-state index >= 15 is 0 Å². The summed E-state index contributed by atoms with van der Waals surface area (Å²) in [4.78, 5) is 34.7. The molecule has 0 bridgehead atoms. The predicted molar refractivity (Wildman–Crippen MR) is 151 cm³/mol. The molecule has 0 spiro atoms. The van der Waals surface area contributed by atoms with E-state index in [1.165, 1.54) is 0 Å². The van der Waals surface area contributed by atoms with Crippen molar-refractivity contribution in [2.24, 2.45) is 5.10 Å². The molecule has 2 aromatic carbocycles. The van der Waals surface area contributed by atoms with E-state index in [1.807, 2.05) is 71.2 Å². The number of aliphatic hydroxyl groups is 1. The monoisotopic (exact) mass is 592 g/mol. The second kappa shape index (κ2) is 12.6. The summed E-state index contributed by atoms with van der Waals surface area (Å²) in [5, 5.41) is 50.1. The van der Waals surface area contributed by atoms with Crippen LogP contribution >= 0.6 is 11.6 Å². The van der Waals surface area contributed by atoms with Crippen LogP contribution in [0.2, 0.25) is 5.02 Å². The molecular weight excluding hydrogens is 568 g/mol. The smallest absolute Gasteiger partial charge is 0.336 e. The number of para-hydroxylation sites is 1. The van der Waals surface area contributed by atoms with Crippen molar-refractivity contribution in [2.45, 2.75) is 31.9 Å². The summed E-state index contributed by atoms with van der Waals surface area (Å²) in [5.74, 6) is -3.55. The summed E-state index contributed by atoms with van der Waals surface area (Å²) in [7, 11) is 0. The fourth-order valence-electron chi connectivity index (χ4n) is 4.19. The highest BCUT2D eigenvalue weighted by molar-refractivity contribution is 6.30. The van der Waals surface area contributed by atoms with Crippen LogP contribution in [-0.4, -0.2) is 69.4 Å².